The summed E-state index contributed by atoms with van der Waals surface area (Å²) in [7, 11) is 2.86. The normalized spacial score (nSPS) is 27.9. The van der Waals surface area contributed by atoms with E-state index in [1.54, 1.807) is 0 Å². The van der Waals surface area contributed by atoms with Gasteiger partial charge in [-0.15, -0.1) is 0 Å². The monoisotopic (exact) mass is 504 g/mol. The molecule has 7 nitrogen and oxygen atoms in total. The van der Waals surface area contributed by atoms with Crippen molar-refractivity contribution >= 4 is 5.78 Å². The van der Waals surface area contributed by atoms with Crippen molar-refractivity contribution in [1.29, 1.82) is 0 Å². The highest BCUT2D eigenvalue weighted by Gasteiger charge is 2.57. The Morgan fingerprint density at radius 3 is 1.39 bits per heavy atom. The van der Waals surface area contributed by atoms with Crippen molar-refractivity contribution in [2.45, 2.75) is 67.6 Å². The molecule has 0 aromatic heterocycles. The third kappa shape index (κ3) is 5.96. The van der Waals surface area contributed by atoms with E-state index in [9.17, 15) is 4.79 Å². The second-order valence-electron chi connectivity index (χ2n) is 11.2. The standard InChI is InChI=1S/C29H44O7/c1-15(2)21-11-19(12-22(33-21)16(3)4)25-26(28(35-31-9)29(27(25)30)36-32-10)20-13-23(17(5)6)34-24(14-20)18(7)8/h11-20,25-26,28-29H,1-10H3. The van der Waals surface area contributed by atoms with E-state index in [0.717, 1.165) is 23.0 Å². The number of ether oxygens (including phenoxy) is 2. The number of hydrogen-bond acceptors (Lipinski definition) is 7. The van der Waals surface area contributed by atoms with Gasteiger partial charge in [0.15, 0.2) is 11.9 Å². The lowest BCUT2D eigenvalue weighted by Gasteiger charge is -2.35. The zero-order chi connectivity index (χ0) is 26.7. The molecule has 0 saturated heterocycles. The summed E-state index contributed by atoms with van der Waals surface area (Å²) in [6.45, 7) is 16.8. The van der Waals surface area contributed by atoms with Crippen LogP contribution in [0.15, 0.2) is 47.3 Å². The van der Waals surface area contributed by atoms with Crippen LogP contribution < -0.4 is 0 Å². The first kappa shape index (κ1) is 28.6. The summed E-state index contributed by atoms with van der Waals surface area (Å²) >= 11 is 0. The number of Topliss-reactive ketones (excluding diaryl/α,β-unsaturated/α-hetero) is 1. The maximum absolute atomic E-state index is 14.0. The molecule has 1 saturated carbocycles. The summed E-state index contributed by atoms with van der Waals surface area (Å²) in [4.78, 5) is 35.5. The highest BCUT2D eigenvalue weighted by Crippen LogP contribution is 2.48. The van der Waals surface area contributed by atoms with Crippen LogP contribution in [-0.2, 0) is 33.8 Å². The van der Waals surface area contributed by atoms with Gasteiger partial charge in [-0.05, 0) is 24.3 Å². The molecule has 4 unspecified atom stereocenters. The smallest absolute Gasteiger partial charge is 0.181 e. The molecule has 7 heteroatoms. The number of carbonyl (C=O) groups excluding carboxylic acids is 1. The molecule has 36 heavy (non-hydrogen) atoms. The Hall–Kier alpha value is -1.93. The zero-order valence-corrected chi connectivity index (χ0v) is 23.4. The van der Waals surface area contributed by atoms with Crippen LogP contribution in [0.1, 0.15) is 55.4 Å². The summed E-state index contributed by atoms with van der Waals surface area (Å²) in [5.74, 6) is 3.22. The summed E-state index contributed by atoms with van der Waals surface area (Å²) in [5.41, 5.74) is 0. The van der Waals surface area contributed by atoms with Crippen LogP contribution in [0.3, 0.4) is 0 Å². The molecule has 0 amide bonds. The van der Waals surface area contributed by atoms with Crippen LogP contribution in [0.2, 0.25) is 0 Å². The highest BCUT2D eigenvalue weighted by molar-refractivity contribution is 5.90. The lowest BCUT2D eigenvalue weighted by Crippen LogP contribution is -2.37. The first-order valence-electron chi connectivity index (χ1n) is 13.1. The number of carbonyl (C=O) groups is 1. The Kier molecular flexibility index (Phi) is 9.61. The van der Waals surface area contributed by atoms with Crippen LogP contribution in [0, 0.1) is 47.3 Å². The fraction of sp³-hybridized carbons (Fsp3) is 0.690. The molecule has 0 aromatic rings. The van der Waals surface area contributed by atoms with E-state index in [-0.39, 0.29) is 47.2 Å². The maximum Gasteiger partial charge on any atom is 0.181 e. The molecular formula is C29H44O7. The average Bonchev–Trinajstić information content (AvgIpc) is 3.10. The predicted molar refractivity (Wildman–Crippen MR) is 137 cm³/mol. The van der Waals surface area contributed by atoms with E-state index in [1.807, 2.05) is 0 Å². The Balaban J connectivity index is 2.18. The molecule has 0 spiro atoms. The van der Waals surface area contributed by atoms with Crippen molar-refractivity contribution in [3.63, 3.8) is 0 Å². The van der Waals surface area contributed by atoms with Gasteiger partial charge in [-0.3, -0.25) is 4.79 Å². The highest BCUT2D eigenvalue weighted by atomic mass is 17.2. The van der Waals surface area contributed by atoms with Crippen molar-refractivity contribution < 1.29 is 33.8 Å². The summed E-state index contributed by atoms with van der Waals surface area (Å²) in [6.07, 6.45) is 6.84. The van der Waals surface area contributed by atoms with Crippen LogP contribution in [0.5, 0.6) is 0 Å². The van der Waals surface area contributed by atoms with Crippen LogP contribution in [-0.4, -0.2) is 32.2 Å². The van der Waals surface area contributed by atoms with Crippen LogP contribution in [0.4, 0.5) is 0 Å². The van der Waals surface area contributed by atoms with Crippen molar-refractivity contribution in [3.05, 3.63) is 47.3 Å². The summed E-state index contributed by atoms with van der Waals surface area (Å²) in [6, 6.07) is 0. The Bertz CT molecular complexity index is 861. The lowest BCUT2D eigenvalue weighted by molar-refractivity contribution is -0.368. The molecule has 3 aliphatic rings. The van der Waals surface area contributed by atoms with E-state index in [0.29, 0.717) is 0 Å². The molecule has 2 heterocycles. The van der Waals surface area contributed by atoms with E-state index in [1.165, 1.54) is 14.2 Å². The molecule has 1 fully saturated rings. The first-order chi connectivity index (χ1) is 17.0. The van der Waals surface area contributed by atoms with Gasteiger partial charge in [-0.25, -0.2) is 19.6 Å². The van der Waals surface area contributed by atoms with Crippen LogP contribution >= 0.6 is 0 Å². The average molecular weight is 505 g/mol. The van der Waals surface area contributed by atoms with Gasteiger partial charge < -0.3 is 9.47 Å². The third-order valence-electron chi connectivity index (χ3n) is 7.14. The number of allylic oxidation sites excluding steroid dienone is 8. The summed E-state index contributed by atoms with van der Waals surface area (Å²) < 4.78 is 12.5. The molecule has 0 N–H and O–H groups in total. The van der Waals surface area contributed by atoms with E-state index >= 15 is 0 Å². The van der Waals surface area contributed by atoms with Gasteiger partial charge in [0.1, 0.15) is 29.1 Å². The molecule has 0 aromatic carbocycles. The Morgan fingerprint density at radius 1 is 0.639 bits per heavy atom. The topological polar surface area (TPSA) is 72.5 Å². The Morgan fingerprint density at radius 2 is 1.03 bits per heavy atom. The zero-order valence-electron chi connectivity index (χ0n) is 23.4. The minimum absolute atomic E-state index is 0.0694. The molecule has 202 valence electrons. The van der Waals surface area contributed by atoms with E-state index in [2.05, 4.69) is 79.7 Å². The quantitative estimate of drug-likeness (QED) is 0.261. The predicted octanol–water partition coefficient (Wildman–Crippen LogP) is 6.15. The molecule has 4 atom stereocenters. The van der Waals surface area contributed by atoms with Crippen molar-refractivity contribution in [2.24, 2.45) is 47.3 Å². The van der Waals surface area contributed by atoms with Gasteiger partial charge in [0.05, 0.1) is 14.2 Å². The third-order valence-corrected chi connectivity index (χ3v) is 7.14. The van der Waals surface area contributed by atoms with Gasteiger partial charge >= 0.3 is 0 Å². The second-order valence-corrected chi connectivity index (χ2v) is 11.2. The maximum atomic E-state index is 14.0. The lowest BCUT2D eigenvalue weighted by atomic mass is 9.73. The van der Waals surface area contributed by atoms with Gasteiger partial charge in [0.25, 0.3) is 0 Å². The van der Waals surface area contributed by atoms with Crippen LogP contribution in [0.25, 0.3) is 0 Å². The van der Waals surface area contributed by atoms with Crippen molar-refractivity contribution in [1.82, 2.24) is 0 Å². The van der Waals surface area contributed by atoms with Gasteiger partial charge in [0, 0.05) is 47.3 Å². The molecule has 0 bridgehead atoms. The number of rotatable bonds is 10. The van der Waals surface area contributed by atoms with E-state index in [4.69, 9.17) is 29.0 Å². The SMILES string of the molecule is COOC1C(=O)C(C2C=C(C(C)C)OC(C(C)C)=C2)C(C2C=C(C(C)C)OC(C(C)C)=C2)C1OOC. The minimum Gasteiger partial charge on any atom is -0.466 e. The fourth-order valence-electron chi connectivity index (χ4n) is 5.22. The molecule has 2 aliphatic heterocycles. The fourth-order valence-corrected chi connectivity index (χ4v) is 5.22. The van der Waals surface area contributed by atoms with Crippen molar-refractivity contribution in [2.75, 3.05) is 14.2 Å². The first-order valence-corrected chi connectivity index (χ1v) is 13.1. The van der Waals surface area contributed by atoms with Crippen molar-refractivity contribution in [3.8, 4) is 0 Å². The Labute approximate surface area is 216 Å². The molecule has 3 rings (SSSR count). The minimum atomic E-state index is -0.922. The number of ketones is 1. The molecule has 0 radical (unpaired) electrons. The van der Waals surface area contributed by atoms with Gasteiger partial charge in [-0.2, -0.15) is 0 Å². The summed E-state index contributed by atoms with van der Waals surface area (Å²) in [5, 5.41) is 0. The second kappa shape index (κ2) is 12.1. The van der Waals surface area contributed by atoms with Gasteiger partial charge in [-0.1, -0.05) is 55.4 Å². The number of hydrogen-bond donors (Lipinski definition) is 0. The largest absolute Gasteiger partial charge is 0.466 e. The van der Waals surface area contributed by atoms with E-state index < -0.39 is 18.1 Å². The van der Waals surface area contributed by atoms with Gasteiger partial charge in [0.2, 0.25) is 0 Å². The molecular weight excluding hydrogens is 460 g/mol. The molecule has 1 aliphatic carbocycles.